The molecule has 1 N–H and O–H groups in total. The predicted octanol–water partition coefficient (Wildman–Crippen LogP) is 2.53. The Balaban J connectivity index is 1.49. The zero-order valence-corrected chi connectivity index (χ0v) is 21.2. The normalized spacial score (nSPS) is 17.4. The zero-order valence-electron chi connectivity index (χ0n) is 18.8. The van der Waals surface area contributed by atoms with Gasteiger partial charge < -0.3 is 19.1 Å². The topological polar surface area (TPSA) is 97.4 Å². The van der Waals surface area contributed by atoms with Crippen molar-refractivity contribution in [3.05, 3.63) is 58.1 Å². The summed E-state index contributed by atoms with van der Waals surface area (Å²) in [5.74, 6) is -0.156. The molecule has 4 rings (SSSR count). The molecule has 0 radical (unpaired) electrons. The molecule has 9 nitrogen and oxygen atoms in total. The number of halogens is 1. The van der Waals surface area contributed by atoms with Crippen LogP contribution in [0.25, 0.3) is 6.08 Å². The van der Waals surface area contributed by atoms with Crippen molar-refractivity contribution in [2.45, 2.75) is 0 Å². The van der Waals surface area contributed by atoms with Gasteiger partial charge in [0.25, 0.3) is 17.7 Å². The lowest BCUT2D eigenvalue weighted by Gasteiger charge is -2.29. The Morgan fingerprint density at radius 3 is 2.54 bits per heavy atom. The Hall–Kier alpha value is -3.28. The van der Waals surface area contributed by atoms with Gasteiger partial charge in [0.05, 0.1) is 30.5 Å². The number of hydrogen-bond donors (Lipinski definition) is 1. The van der Waals surface area contributed by atoms with Gasteiger partial charge in [-0.15, -0.1) is 0 Å². The molecule has 0 spiro atoms. The molecule has 3 amide bonds. The lowest BCUT2D eigenvalue weighted by Crippen LogP contribution is -2.54. The fraction of sp³-hybridized carbons (Fsp3) is 0.250. The fourth-order valence-corrected chi connectivity index (χ4v) is 4.35. The van der Waals surface area contributed by atoms with E-state index in [1.54, 1.807) is 54.5 Å². The first kappa shape index (κ1) is 24.8. The summed E-state index contributed by atoms with van der Waals surface area (Å²) in [6, 6.07) is 11.8. The number of anilines is 1. The van der Waals surface area contributed by atoms with E-state index in [1.807, 2.05) is 0 Å². The van der Waals surface area contributed by atoms with Crippen molar-refractivity contribution < 1.29 is 28.6 Å². The van der Waals surface area contributed by atoms with E-state index in [0.29, 0.717) is 53.5 Å². The number of carbonyl (C=O) groups excluding carboxylic acids is 3. The highest BCUT2D eigenvalue weighted by atomic mass is 79.9. The second-order valence-corrected chi connectivity index (χ2v) is 8.87. The fourth-order valence-electron chi connectivity index (χ4n) is 3.56. The molecule has 0 saturated carbocycles. The Bertz CT molecular complexity index is 1190. The largest absolute Gasteiger partial charge is 0.497 e. The van der Waals surface area contributed by atoms with Crippen molar-refractivity contribution in [2.75, 3.05) is 44.9 Å². The van der Waals surface area contributed by atoms with E-state index >= 15 is 0 Å². The van der Waals surface area contributed by atoms with Gasteiger partial charge in [0, 0.05) is 13.1 Å². The second-order valence-electron chi connectivity index (χ2n) is 7.63. The van der Waals surface area contributed by atoms with E-state index in [1.165, 1.54) is 11.0 Å². The van der Waals surface area contributed by atoms with E-state index in [4.69, 9.17) is 26.4 Å². The van der Waals surface area contributed by atoms with Crippen molar-refractivity contribution in [3.63, 3.8) is 0 Å². The molecule has 2 aromatic carbocycles. The number of rotatable bonds is 6. The van der Waals surface area contributed by atoms with Crippen molar-refractivity contribution >= 4 is 62.7 Å². The summed E-state index contributed by atoms with van der Waals surface area (Å²) in [5, 5.41) is 2.56. The van der Waals surface area contributed by atoms with Crippen LogP contribution in [0.5, 0.6) is 11.5 Å². The van der Waals surface area contributed by atoms with Crippen LogP contribution in [-0.2, 0) is 19.1 Å². The van der Waals surface area contributed by atoms with Gasteiger partial charge in [-0.3, -0.25) is 24.6 Å². The lowest BCUT2D eigenvalue weighted by molar-refractivity contribution is -0.137. The number of carbonyl (C=O) groups is 3. The minimum Gasteiger partial charge on any atom is -0.497 e. The highest BCUT2D eigenvalue weighted by Crippen LogP contribution is 2.29. The Morgan fingerprint density at radius 1 is 1.17 bits per heavy atom. The molecule has 0 aliphatic carbocycles. The Morgan fingerprint density at radius 2 is 1.89 bits per heavy atom. The molecule has 182 valence electrons. The van der Waals surface area contributed by atoms with Crippen molar-refractivity contribution in [2.24, 2.45) is 0 Å². The van der Waals surface area contributed by atoms with Crippen LogP contribution < -0.4 is 19.7 Å². The molecule has 11 heteroatoms. The summed E-state index contributed by atoms with van der Waals surface area (Å²) in [4.78, 5) is 41.0. The van der Waals surface area contributed by atoms with Crippen LogP contribution in [0.15, 0.2) is 52.5 Å². The highest BCUT2D eigenvalue weighted by molar-refractivity contribution is 9.10. The second kappa shape index (κ2) is 11.0. The number of benzene rings is 2. The molecule has 0 aromatic heterocycles. The van der Waals surface area contributed by atoms with Crippen LogP contribution in [0, 0.1) is 0 Å². The molecule has 2 fully saturated rings. The third-order valence-corrected chi connectivity index (χ3v) is 6.32. The number of morpholine rings is 1. The number of hydrogen-bond acceptors (Lipinski definition) is 7. The van der Waals surface area contributed by atoms with Crippen LogP contribution in [0.2, 0.25) is 0 Å². The van der Waals surface area contributed by atoms with E-state index in [0.717, 1.165) is 0 Å². The summed E-state index contributed by atoms with van der Waals surface area (Å²) in [5.41, 5.74) is 1.02. The zero-order chi connectivity index (χ0) is 24.9. The predicted molar refractivity (Wildman–Crippen MR) is 136 cm³/mol. The summed E-state index contributed by atoms with van der Waals surface area (Å²) >= 11 is 8.66. The standard InChI is InChI=1S/C24H22BrN3O6S/c1-32-17-5-3-16(4-6-17)28-23(31)18(22(30)26-24(28)35)12-15-2-7-20(19(25)13-15)34-14-21(29)27-8-10-33-11-9-27/h2-7,12-13H,8-11,14H2,1H3,(H,26,30,35)/b18-12+. The Labute approximate surface area is 215 Å². The van der Waals surface area contributed by atoms with E-state index in [2.05, 4.69) is 21.2 Å². The van der Waals surface area contributed by atoms with Gasteiger partial charge in [-0.25, -0.2) is 0 Å². The summed E-state index contributed by atoms with van der Waals surface area (Å²) in [6.45, 7) is 2.03. The van der Waals surface area contributed by atoms with E-state index in [9.17, 15) is 14.4 Å². The lowest BCUT2D eigenvalue weighted by atomic mass is 10.1. The van der Waals surface area contributed by atoms with Gasteiger partial charge in [-0.1, -0.05) is 6.07 Å². The summed E-state index contributed by atoms with van der Waals surface area (Å²) in [7, 11) is 1.54. The van der Waals surface area contributed by atoms with Crippen LogP contribution in [0.4, 0.5) is 5.69 Å². The van der Waals surface area contributed by atoms with Gasteiger partial charge >= 0.3 is 0 Å². The monoisotopic (exact) mass is 559 g/mol. The summed E-state index contributed by atoms with van der Waals surface area (Å²) in [6.07, 6.45) is 1.48. The molecule has 2 aromatic rings. The van der Waals surface area contributed by atoms with Gasteiger partial charge in [0.15, 0.2) is 11.7 Å². The number of nitrogens with one attached hydrogen (secondary N) is 1. The van der Waals surface area contributed by atoms with Crippen LogP contribution >= 0.6 is 28.1 Å². The average Bonchev–Trinajstić information content (AvgIpc) is 2.86. The van der Waals surface area contributed by atoms with E-state index in [-0.39, 0.29) is 23.2 Å². The van der Waals surface area contributed by atoms with Gasteiger partial charge in [-0.2, -0.15) is 0 Å². The van der Waals surface area contributed by atoms with Gasteiger partial charge in [0.1, 0.15) is 17.1 Å². The molecular weight excluding hydrogens is 538 g/mol. The van der Waals surface area contributed by atoms with Crippen molar-refractivity contribution in [1.29, 1.82) is 0 Å². The third kappa shape index (κ3) is 5.69. The first-order chi connectivity index (χ1) is 16.9. The minimum atomic E-state index is -0.586. The van der Waals surface area contributed by atoms with Crippen molar-refractivity contribution in [1.82, 2.24) is 10.2 Å². The third-order valence-electron chi connectivity index (χ3n) is 5.41. The quantitative estimate of drug-likeness (QED) is 0.330. The molecule has 2 saturated heterocycles. The molecular formula is C24H22BrN3O6S. The van der Waals surface area contributed by atoms with Gasteiger partial charge in [-0.05, 0) is 76.2 Å². The first-order valence-corrected chi connectivity index (χ1v) is 11.9. The highest BCUT2D eigenvalue weighted by Gasteiger charge is 2.34. The van der Waals surface area contributed by atoms with Crippen LogP contribution in [0.3, 0.4) is 0 Å². The van der Waals surface area contributed by atoms with Crippen LogP contribution in [0.1, 0.15) is 5.56 Å². The number of amides is 3. The molecule has 0 bridgehead atoms. The maximum atomic E-state index is 13.2. The van der Waals surface area contributed by atoms with Gasteiger partial charge in [0.2, 0.25) is 0 Å². The first-order valence-electron chi connectivity index (χ1n) is 10.7. The number of thiocarbonyl (C=S) groups is 1. The maximum absolute atomic E-state index is 13.2. The molecule has 35 heavy (non-hydrogen) atoms. The molecule has 2 aliphatic rings. The van der Waals surface area contributed by atoms with E-state index < -0.39 is 11.8 Å². The molecule has 2 heterocycles. The maximum Gasteiger partial charge on any atom is 0.270 e. The number of ether oxygens (including phenoxy) is 3. The smallest absolute Gasteiger partial charge is 0.270 e. The molecule has 2 aliphatic heterocycles. The summed E-state index contributed by atoms with van der Waals surface area (Å²) < 4.78 is 16.6. The van der Waals surface area contributed by atoms with Crippen LogP contribution in [-0.4, -0.2) is 67.8 Å². The molecule has 0 unspecified atom stereocenters. The van der Waals surface area contributed by atoms with Crippen molar-refractivity contribution in [3.8, 4) is 11.5 Å². The minimum absolute atomic E-state index is 0.00261. The SMILES string of the molecule is COc1ccc(N2C(=O)/C(=C/c3ccc(OCC(=O)N4CCOCC4)c(Br)c3)C(=O)NC2=S)cc1. The Kier molecular flexibility index (Phi) is 7.79. The molecule has 0 atom stereocenters. The average molecular weight is 560 g/mol. The number of nitrogens with zero attached hydrogens (tertiary/aromatic N) is 2. The number of methoxy groups -OCH3 is 1.